The monoisotopic (exact) mass is 331 g/mol. The minimum absolute atomic E-state index is 0.0741. The molecule has 2 rings (SSSR count). The lowest BCUT2D eigenvalue weighted by molar-refractivity contribution is -0.384. The van der Waals surface area contributed by atoms with Crippen molar-refractivity contribution in [1.29, 1.82) is 0 Å². The fourth-order valence-electron chi connectivity index (χ4n) is 1.96. The van der Waals surface area contributed by atoms with E-state index in [-0.39, 0.29) is 12.3 Å². The highest BCUT2D eigenvalue weighted by Crippen LogP contribution is 2.20. The molecule has 24 heavy (non-hydrogen) atoms. The molecule has 0 atom stereocenters. The molecule has 0 bridgehead atoms. The summed E-state index contributed by atoms with van der Waals surface area (Å²) >= 11 is 0. The largest absolute Gasteiger partial charge is 0.496 e. The normalized spacial score (nSPS) is 10.6. The Hall–Kier alpha value is -3.22. The van der Waals surface area contributed by atoms with Crippen LogP contribution in [0.25, 0.3) is 6.08 Å². The van der Waals surface area contributed by atoms with Gasteiger partial charge < -0.3 is 9.47 Å². The number of nitro groups is 1. The number of rotatable bonds is 6. The first-order chi connectivity index (χ1) is 11.5. The number of benzene rings is 2. The van der Waals surface area contributed by atoms with E-state index in [0.29, 0.717) is 16.9 Å². The van der Waals surface area contributed by atoms with Gasteiger partial charge in [-0.25, -0.2) is 9.18 Å². The summed E-state index contributed by atoms with van der Waals surface area (Å²) in [6, 6.07) is 9.72. The van der Waals surface area contributed by atoms with Crippen molar-refractivity contribution in [2.75, 3.05) is 7.11 Å². The molecule has 0 radical (unpaired) electrons. The summed E-state index contributed by atoms with van der Waals surface area (Å²) in [5.74, 6) is -0.714. The highest BCUT2D eigenvalue weighted by atomic mass is 19.1. The molecule has 2 aromatic carbocycles. The van der Waals surface area contributed by atoms with E-state index in [1.165, 1.54) is 49.6 Å². The number of hydrogen-bond donors (Lipinski definition) is 0. The third-order valence-corrected chi connectivity index (χ3v) is 3.11. The fraction of sp³-hybridized carbons (Fsp3) is 0.118. The zero-order valence-electron chi connectivity index (χ0n) is 12.8. The van der Waals surface area contributed by atoms with Crippen LogP contribution in [0.4, 0.5) is 10.1 Å². The standard InChI is InChI=1S/C17H14FNO5/c1-23-16-7-6-14(18)10-13(16)11-24-17(20)8-5-12-3-2-4-15(9-12)19(21)22/h2-10H,11H2,1H3/b8-5+. The molecule has 124 valence electrons. The summed E-state index contributed by atoms with van der Waals surface area (Å²) in [7, 11) is 1.43. The molecular weight excluding hydrogens is 317 g/mol. The van der Waals surface area contributed by atoms with Crippen LogP contribution in [-0.2, 0) is 16.1 Å². The van der Waals surface area contributed by atoms with Crippen LogP contribution in [0.3, 0.4) is 0 Å². The number of non-ortho nitro benzene ring substituents is 1. The van der Waals surface area contributed by atoms with Crippen LogP contribution in [-0.4, -0.2) is 18.0 Å². The van der Waals surface area contributed by atoms with Gasteiger partial charge in [0.1, 0.15) is 18.2 Å². The maximum absolute atomic E-state index is 13.2. The number of ether oxygens (including phenoxy) is 2. The minimum Gasteiger partial charge on any atom is -0.496 e. The van der Waals surface area contributed by atoms with Crippen molar-refractivity contribution in [3.63, 3.8) is 0 Å². The van der Waals surface area contributed by atoms with Crippen molar-refractivity contribution in [2.24, 2.45) is 0 Å². The van der Waals surface area contributed by atoms with E-state index in [2.05, 4.69) is 0 Å². The molecule has 0 heterocycles. The summed E-state index contributed by atoms with van der Waals surface area (Å²) in [4.78, 5) is 21.9. The van der Waals surface area contributed by atoms with E-state index in [1.807, 2.05) is 0 Å². The van der Waals surface area contributed by atoms with Crippen molar-refractivity contribution < 1.29 is 23.6 Å². The lowest BCUT2D eigenvalue weighted by Crippen LogP contribution is -2.02. The Morgan fingerprint density at radius 3 is 2.79 bits per heavy atom. The van der Waals surface area contributed by atoms with E-state index in [1.54, 1.807) is 6.07 Å². The predicted octanol–water partition coefficient (Wildman–Crippen LogP) is 3.50. The number of esters is 1. The molecule has 0 spiro atoms. The summed E-state index contributed by atoms with van der Waals surface area (Å²) in [5, 5.41) is 10.7. The number of carbonyl (C=O) groups excluding carboxylic acids is 1. The molecule has 0 aliphatic heterocycles. The molecule has 6 nitrogen and oxygen atoms in total. The molecular formula is C17H14FNO5. The fourth-order valence-corrected chi connectivity index (χ4v) is 1.96. The van der Waals surface area contributed by atoms with Crippen LogP contribution < -0.4 is 4.74 Å². The Morgan fingerprint density at radius 1 is 1.29 bits per heavy atom. The van der Waals surface area contributed by atoms with Gasteiger partial charge in [0, 0.05) is 23.8 Å². The highest BCUT2D eigenvalue weighted by molar-refractivity contribution is 5.87. The van der Waals surface area contributed by atoms with E-state index in [4.69, 9.17) is 9.47 Å². The molecule has 0 saturated heterocycles. The molecule has 0 unspecified atom stereocenters. The summed E-state index contributed by atoms with van der Waals surface area (Å²) < 4.78 is 23.3. The molecule has 0 aliphatic carbocycles. The predicted molar refractivity (Wildman–Crippen MR) is 84.9 cm³/mol. The van der Waals surface area contributed by atoms with E-state index in [9.17, 15) is 19.3 Å². The molecule has 0 fully saturated rings. The average Bonchev–Trinajstić information content (AvgIpc) is 2.58. The minimum atomic E-state index is -0.659. The van der Waals surface area contributed by atoms with Crippen molar-refractivity contribution in [3.05, 3.63) is 75.6 Å². The van der Waals surface area contributed by atoms with Gasteiger partial charge in [0.15, 0.2) is 0 Å². The quantitative estimate of drug-likeness (QED) is 0.350. The summed E-state index contributed by atoms with van der Waals surface area (Å²) in [5.41, 5.74) is 0.814. The van der Waals surface area contributed by atoms with Crippen molar-refractivity contribution >= 4 is 17.7 Å². The van der Waals surface area contributed by atoms with Gasteiger partial charge in [-0.1, -0.05) is 12.1 Å². The highest BCUT2D eigenvalue weighted by Gasteiger charge is 2.08. The lowest BCUT2D eigenvalue weighted by atomic mass is 10.2. The molecule has 0 amide bonds. The molecule has 0 saturated carbocycles. The summed E-state index contributed by atoms with van der Waals surface area (Å²) in [6.07, 6.45) is 2.54. The second-order valence-electron chi connectivity index (χ2n) is 4.75. The van der Waals surface area contributed by atoms with Gasteiger partial charge >= 0.3 is 5.97 Å². The Bertz CT molecular complexity index is 788. The second-order valence-corrected chi connectivity index (χ2v) is 4.75. The van der Waals surface area contributed by atoms with Gasteiger partial charge in [0.25, 0.3) is 5.69 Å². The lowest BCUT2D eigenvalue weighted by Gasteiger charge is -2.08. The van der Waals surface area contributed by atoms with E-state index >= 15 is 0 Å². The third kappa shape index (κ3) is 4.64. The first-order valence-electron chi connectivity index (χ1n) is 6.91. The average molecular weight is 331 g/mol. The van der Waals surface area contributed by atoms with Gasteiger partial charge in [0.2, 0.25) is 0 Å². The topological polar surface area (TPSA) is 78.7 Å². The van der Waals surface area contributed by atoms with Crippen molar-refractivity contribution in [2.45, 2.75) is 6.61 Å². The number of nitro benzene ring substituents is 1. The number of methoxy groups -OCH3 is 1. The Labute approximate surface area is 137 Å². The van der Waals surface area contributed by atoms with Gasteiger partial charge in [-0.3, -0.25) is 10.1 Å². The number of hydrogen-bond acceptors (Lipinski definition) is 5. The van der Waals surface area contributed by atoms with Crippen LogP contribution in [0, 0.1) is 15.9 Å². The molecule has 0 aliphatic rings. The molecule has 2 aromatic rings. The third-order valence-electron chi connectivity index (χ3n) is 3.11. The van der Waals surface area contributed by atoms with Gasteiger partial charge in [-0.15, -0.1) is 0 Å². The number of halogens is 1. The number of carbonyl (C=O) groups is 1. The van der Waals surface area contributed by atoms with E-state index in [0.717, 1.165) is 6.08 Å². The SMILES string of the molecule is COc1ccc(F)cc1COC(=O)/C=C/c1cccc([N+](=O)[O-])c1. The van der Waals surface area contributed by atoms with Crippen LogP contribution in [0.15, 0.2) is 48.5 Å². The Kier molecular flexibility index (Phi) is 5.62. The maximum Gasteiger partial charge on any atom is 0.331 e. The zero-order valence-corrected chi connectivity index (χ0v) is 12.8. The number of nitrogens with zero attached hydrogens (tertiary/aromatic N) is 1. The van der Waals surface area contributed by atoms with Crippen LogP contribution in [0.1, 0.15) is 11.1 Å². The van der Waals surface area contributed by atoms with Gasteiger partial charge in [-0.2, -0.15) is 0 Å². The first-order valence-corrected chi connectivity index (χ1v) is 6.91. The molecule has 0 aromatic heterocycles. The summed E-state index contributed by atoms with van der Waals surface area (Å²) in [6.45, 7) is -0.154. The Morgan fingerprint density at radius 2 is 2.08 bits per heavy atom. The Balaban J connectivity index is 2.00. The molecule has 0 N–H and O–H groups in total. The van der Waals surface area contributed by atoms with Crippen LogP contribution in [0.5, 0.6) is 5.75 Å². The van der Waals surface area contributed by atoms with Gasteiger partial charge in [0.05, 0.1) is 12.0 Å². The zero-order chi connectivity index (χ0) is 17.5. The first kappa shape index (κ1) is 17.1. The van der Waals surface area contributed by atoms with E-state index < -0.39 is 16.7 Å². The molecule has 7 heteroatoms. The van der Waals surface area contributed by atoms with Crippen LogP contribution >= 0.6 is 0 Å². The second kappa shape index (κ2) is 7.87. The smallest absolute Gasteiger partial charge is 0.331 e. The van der Waals surface area contributed by atoms with Crippen molar-refractivity contribution in [1.82, 2.24) is 0 Å². The van der Waals surface area contributed by atoms with Gasteiger partial charge in [-0.05, 0) is 29.8 Å². The van der Waals surface area contributed by atoms with Crippen molar-refractivity contribution in [3.8, 4) is 5.75 Å². The maximum atomic E-state index is 13.2. The van der Waals surface area contributed by atoms with Crippen LogP contribution in [0.2, 0.25) is 0 Å².